The first kappa shape index (κ1) is 13.4. The SMILES string of the molecule is Cc1ccc(Cn2cc(C(F)(F)F)ccc2=O)cc1. The Morgan fingerprint density at radius 1 is 1.05 bits per heavy atom. The van der Waals surface area contributed by atoms with Crippen molar-refractivity contribution < 1.29 is 13.2 Å². The number of rotatable bonds is 2. The van der Waals surface area contributed by atoms with Gasteiger partial charge in [0.2, 0.25) is 0 Å². The molecular formula is C14H12F3NO. The Kier molecular flexibility index (Phi) is 3.46. The van der Waals surface area contributed by atoms with Crippen LogP contribution in [-0.4, -0.2) is 4.57 Å². The molecule has 2 aromatic rings. The van der Waals surface area contributed by atoms with Crippen LogP contribution in [0, 0.1) is 6.92 Å². The highest BCUT2D eigenvalue weighted by atomic mass is 19.4. The lowest BCUT2D eigenvalue weighted by Gasteiger charge is -2.10. The summed E-state index contributed by atoms with van der Waals surface area (Å²) in [5, 5.41) is 0. The van der Waals surface area contributed by atoms with E-state index >= 15 is 0 Å². The fraction of sp³-hybridized carbons (Fsp3) is 0.214. The lowest BCUT2D eigenvalue weighted by molar-refractivity contribution is -0.138. The molecule has 0 aliphatic rings. The fourth-order valence-corrected chi connectivity index (χ4v) is 1.71. The van der Waals surface area contributed by atoms with Crippen LogP contribution in [-0.2, 0) is 12.7 Å². The Hall–Kier alpha value is -2.04. The first-order valence-corrected chi connectivity index (χ1v) is 5.69. The molecule has 0 N–H and O–H groups in total. The van der Waals surface area contributed by atoms with E-state index in [1.165, 1.54) is 0 Å². The van der Waals surface area contributed by atoms with Crippen molar-refractivity contribution in [2.75, 3.05) is 0 Å². The largest absolute Gasteiger partial charge is 0.417 e. The summed E-state index contributed by atoms with van der Waals surface area (Å²) in [6, 6.07) is 9.04. The van der Waals surface area contributed by atoms with Gasteiger partial charge in [-0.05, 0) is 18.6 Å². The third kappa shape index (κ3) is 3.24. The molecule has 19 heavy (non-hydrogen) atoms. The molecule has 0 fully saturated rings. The highest BCUT2D eigenvalue weighted by molar-refractivity contribution is 5.22. The Balaban J connectivity index is 2.34. The lowest BCUT2D eigenvalue weighted by atomic mass is 10.1. The fourth-order valence-electron chi connectivity index (χ4n) is 1.71. The second-order valence-corrected chi connectivity index (χ2v) is 4.37. The van der Waals surface area contributed by atoms with Crippen molar-refractivity contribution in [3.8, 4) is 0 Å². The van der Waals surface area contributed by atoms with E-state index in [1.54, 1.807) is 12.1 Å². The van der Waals surface area contributed by atoms with Crippen molar-refractivity contribution in [1.82, 2.24) is 4.57 Å². The summed E-state index contributed by atoms with van der Waals surface area (Å²) >= 11 is 0. The van der Waals surface area contributed by atoms with Gasteiger partial charge in [-0.1, -0.05) is 29.8 Å². The van der Waals surface area contributed by atoms with Gasteiger partial charge < -0.3 is 4.57 Å². The van der Waals surface area contributed by atoms with E-state index in [0.717, 1.165) is 34.0 Å². The maximum absolute atomic E-state index is 12.6. The molecule has 0 unspecified atom stereocenters. The molecule has 1 heterocycles. The highest BCUT2D eigenvalue weighted by Gasteiger charge is 2.30. The standard InChI is InChI=1S/C14H12F3NO/c1-10-2-4-11(5-3-10)8-18-9-12(14(15,16)17)6-7-13(18)19/h2-7,9H,8H2,1H3. The van der Waals surface area contributed by atoms with E-state index in [4.69, 9.17) is 0 Å². The number of halogens is 3. The summed E-state index contributed by atoms with van der Waals surface area (Å²) in [7, 11) is 0. The third-order valence-electron chi connectivity index (χ3n) is 2.78. The van der Waals surface area contributed by atoms with E-state index < -0.39 is 17.3 Å². The molecule has 0 amide bonds. The van der Waals surface area contributed by atoms with Crippen LogP contribution in [0.15, 0.2) is 47.4 Å². The number of hydrogen-bond acceptors (Lipinski definition) is 1. The normalized spacial score (nSPS) is 11.6. The molecule has 0 radical (unpaired) electrons. The van der Waals surface area contributed by atoms with Crippen LogP contribution in [0.5, 0.6) is 0 Å². The molecule has 100 valence electrons. The molecule has 1 aromatic carbocycles. The van der Waals surface area contributed by atoms with Crippen LogP contribution in [0.2, 0.25) is 0 Å². The zero-order valence-corrected chi connectivity index (χ0v) is 10.2. The highest BCUT2D eigenvalue weighted by Crippen LogP contribution is 2.28. The van der Waals surface area contributed by atoms with Crippen LogP contribution in [0.4, 0.5) is 13.2 Å². The number of benzene rings is 1. The molecule has 2 nitrogen and oxygen atoms in total. The summed E-state index contributed by atoms with van der Waals surface area (Å²) < 4.78 is 38.8. The van der Waals surface area contributed by atoms with E-state index in [2.05, 4.69) is 0 Å². The van der Waals surface area contributed by atoms with Gasteiger partial charge in [-0.25, -0.2) is 0 Å². The summed E-state index contributed by atoms with van der Waals surface area (Å²) in [5.74, 6) is 0. The summed E-state index contributed by atoms with van der Waals surface area (Å²) in [4.78, 5) is 11.6. The Morgan fingerprint density at radius 3 is 2.26 bits per heavy atom. The van der Waals surface area contributed by atoms with Crippen LogP contribution < -0.4 is 5.56 Å². The molecule has 5 heteroatoms. The van der Waals surface area contributed by atoms with Gasteiger partial charge in [0.1, 0.15) is 0 Å². The number of hydrogen-bond donors (Lipinski definition) is 0. The van der Waals surface area contributed by atoms with Crippen LogP contribution in [0.25, 0.3) is 0 Å². The van der Waals surface area contributed by atoms with Gasteiger partial charge >= 0.3 is 6.18 Å². The summed E-state index contributed by atoms with van der Waals surface area (Å²) in [6.07, 6.45) is -3.59. The first-order valence-electron chi connectivity index (χ1n) is 5.69. The quantitative estimate of drug-likeness (QED) is 0.818. The maximum atomic E-state index is 12.6. The van der Waals surface area contributed by atoms with Crippen LogP contribution in [0.1, 0.15) is 16.7 Å². The Bertz CT molecular complexity index is 626. The summed E-state index contributed by atoms with van der Waals surface area (Å²) in [6.45, 7) is 2.04. The molecule has 0 saturated heterocycles. The monoisotopic (exact) mass is 267 g/mol. The second-order valence-electron chi connectivity index (χ2n) is 4.37. The van der Waals surface area contributed by atoms with Crippen molar-refractivity contribution in [2.24, 2.45) is 0 Å². The molecular weight excluding hydrogens is 255 g/mol. The smallest absolute Gasteiger partial charge is 0.311 e. The zero-order chi connectivity index (χ0) is 14.0. The average molecular weight is 267 g/mol. The molecule has 0 saturated carbocycles. The third-order valence-corrected chi connectivity index (χ3v) is 2.78. The van der Waals surface area contributed by atoms with Crippen molar-refractivity contribution in [3.05, 3.63) is 69.6 Å². The Morgan fingerprint density at radius 2 is 1.68 bits per heavy atom. The summed E-state index contributed by atoms with van der Waals surface area (Å²) in [5.41, 5.74) is 0.569. The molecule has 2 rings (SSSR count). The van der Waals surface area contributed by atoms with E-state index in [9.17, 15) is 18.0 Å². The van der Waals surface area contributed by atoms with Crippen molar-refractivity contribution in [2.45, 2.75) is 19.6 Å². The number of aromatic nitrogens is 1. The number of aryl methyl sites for hydroxylation is 1. The van der Waals surface area contributed by atoms with Gasteiger partial charge in [0.15, 0.2) is 0 Å². The van der Waals surface area contributed by atoms with Gasteiger partial charge in [-0.15, -0.1) is 0 Å². The predicted molar refractivity (Wildman–Crippen MR) is 66.0 cm³/mol. The first-order chi connectivity index (χ1) is 8.86. The van der Waals surface area contributed by atoms with E-state index in [1.807, 2.05) is 19.1 Å². The maximum Gasteiger partial charge on any atom is 0.417 e. The number of nitrogens with zero attached hydrogens (tertiary/aromatic N) is 1. The van der Waals surface area contributed by atoms with Gasteiger partial charge in [-0.2, -0.15) is 13.2 Å². The van der Waals surface area contributed by atoms with Crippen molar-refractivity contribution in [1.29, 1.82) is 0 Å². The predicted octanol–water partition coefficient (Wildman–Crippen LogP) is 3.22. The molecule has 0 aliphatic carbocycles. The number of alkyl halides is 3. The van der Waals surface area contributed by atoms with Crippen LogP contribution in [0.3, 0.4) is 0 Å². The van der Waals surface area contributed by atoms with E-state index in [-0.39, 0.29) is 6.54 Å². The minimum Gasteiger partial charge on any atom is -0.311 e. The zero-order valence-electron chi connectivity index (χ0n) is 10.2. The lowest BCUT2D eigenvalue weighted by Crippen LogP contribution is -2.21. The minimum absolute atomic E-state index is 0.128. The van der Waals surface area contributed by atoms with Gasteiger partial charge in [-0.3, -0.25) is 4.79 Å². The van der Waals surface area contributed by atoms with Gasteiger partial charge in [0, 0.05) is 12.3 Å². The average Bonchev–Trinajstić information content (AvgIpc) is 2.33. The van der Waals surface area contributed by atoms with Gasteiger partial charge in [0.05, 0.1) is 12.1 Å². The molecule has 0 spiro atoms. The second kappa shape index (κ2) is 4.91. The van der Waals surface area contributed by atoms with Crippen molar-refractivity contribution >= 4 is 0 Å². The number of pyridine rings is 1. The van der Waals surface area contributed by atoms with Gasteiger partial charge in [0.25, 0.3) is 5.56 Å². The minimum atomic E-state index is -4.44. The van der Waals surface area contributed by atoms with E-state index in [0.29, 0.717) is 0 Å². The molecule has 1 aromatic heterocycles. The van der Waals surface area contributed by atoms with Crippen molar-refractivity contribution in [3.63, 3.8) is 0 Å². The topological polar surface area (TPSA) is 22.0 Å². The molecule has 0 bridgehead atoms. The Labute approximate surface area is 108 Å². The molecule has 0 atom stereocenters. The van der Waals surface area contributed by atoms with Crippen LogP contribution >= 0.6 is 0 Å². The molecule has 0 aliphatic heterocycles.